The molecule has 0 fully saturated rings. The lowest BCUT2D eigenvalue weighted by Crippen LogP contribution is -1.90. The van der Waals surface area contributed by atoms with Crippen LogP contribution in [-0.4, -0.2) is 9.97 Å². The van der Waals surface area contributed by atoms with E-state index < -0.39 is 0 Å². The standard InChI is InChI=1S/C18H12BrN3S/c19-17-10-15-18(23-17)20-11-16(22-15)12-6-8-14(9-7-12)21-13-4-2-1-3-5-13/h1-11,21H. The molecule has 3 nitrogen and oxygen atoms in total. The van der Waals surface area contributed by atoms with Crippen LogP contribution in [0.5, 0.6) is 0 Å². The molecule has 0 spiro atoms. The first kappa shape index (κ1) is 14.4. The Morgan fingerprint density at radius 3 is 2.43 bits per heavy atom. The predicted octanol–water partition coefficient (Wildman–Crippen LogP) is 5.86. The molecule has 4 aromatic rings. The van der Waals surface area contributed by atoms with Gasteiger partial charge in [0.15, 0.2) is 0 Å². The highest BCUT2D eigenvalue weighted by Crippen LogP contribution is 2.29. The highest BCUT2D eigenvalue weighted by atomic mass is 79.9. The van der Waals surface area contributed by atoms with E-state index in [2.05, 4.69) is 55.5 Å². The summed E-state index contributed by atoms with van der Waals surface area (Å²) in [7, 11) is 0. The Bertz CT molecular complexity index is 949. The van der Waals surface area contributed by atoms with E-state index >= 15 is 0 Å². The summed E-state index contributed by atoms with van der Waals surface area (Å²) >= 11 is 5.07. The van der Waals surface area contributed by atoms with Gasteiger partial charge in [-0.1, -0.05) is 30.3 Å². The summed E-state index contributed by atoms with van der Waals surface area (Å²) in [5, 5.41) is 3.37. The first-order valence-corrected chi connectivity index (χ1v) is 8.73. The van der Waals surface area contributed by atoms with Crippen molar-refractivity contribution in [3.8, 4) is 11.3 Å². The topological polar surface area (TPSA) is 37.8 Å². The maximum absolute atomic E-state index is 4.68. The van der Waals surface area contributed by atoms with Gasteiger partial charge < -0.3 is 5.32 Å². The summed E-state index contributed by atoms with van der Waals surface area (Å²) in [6.07, 6.45) is 1.82. The summed E-state index contributed by atoms with van der Waals surface area (Å²) in [5.41, 5.74) is 4.98. The van der Waals surface area contributed by atoms with Crippen molar-refractivity contribution >= 4 is 49.0 Å². The molecule has 2 heterocycles. The monoisotopic (exact) mass is 381 g/mol. The molecule has 0 saturated carbocycles. The molecule has 0 saturated heterocycles. The lowest BCUT2D eigenvalue weighted by atomic mass is 10.1. The molecule has 2 aromatic carbocycles. The van der Waals surface area contributed by atoms with Gasteiger partial charge in [0.1, 0.15) is 10.3 Å². The summed E-state index contributed by atoms with van der Waals surface area (Å²) in [6.45, 7) is 0. The molecule has 1 N–H and O–H groups in total. The molecule has 5 heteroatoms. The van der Waals surface area contributed by atoms with Gasteiger partial charge in [0.2, 0.25) is 0 Å². The maximum atomic E-state index is 4.68. The number of hydrogen-bond donors (Lipinski definition) is 1. The molecule has 0 aliphatic carbocycles. The third kappa shape index (κ3) is 3.11. The van der Waals surface area contributed by atoms with Crippen LogP contribution in [0.4, 0.5) is 11.4 Å². The van der Waals surface area contributed by atoms with E-state index in [1.54, 1.807) is 11.3 Å². The number of hydrogen-bond acceptors (Lipinski definition) is 4. The molecule has 0 bridgehead atoms. The molecule has 23 heavy (non-hydrogen) atoms. The highest BCUT2D eigenvalue weighted by molar-refractivity contribution is 9.11. The smallest absolute Gasteiger partial charge is 0.142 e. The van der Waals surface area contributed by atoms with Crippen molar-refractivity contribution < 1.29 is 0 Å². The average molecular weight is 382 g/mol. The lowest BCUT2D eigenvalue weighted by Gasteiger charge is -2.07. The van der Waals surface area contributed by atoms with Gasteiger partial charge in [0.05, 0.1) is 15.7 Å². The fraction of sp³-hybridized carbons (Fsp3) is 0. The van der Waals surface area contributed by atoms with Gasteiger partial charge in [-0.15, -0.1) is 11.3 Å². The fourth-order valence-electron chi connectivity index (χ4n) is 2.35. The van der Waals surface area contributed by atoms with E-state index in [4.69, 9.17) is 0 Å². The zero-order chi connectivity index (χ0) is 15.6. The summed E-state index contributed by atoms with van der Waals surface area (Å²) in [5.74, 6) is 0. The van der Waals surface area contributed by atoms with Gasteiger partial charge in [0.25, 0.3) is 0 Å². The Balaban J connectivity index is 1.61. The van der Waals surface area contributed by atoms with Crippen molar-refractivity contribution in [2.45, 2.75) is 0 Å². The van der Waals surface area contributed by atoms with Crippen LogP contribution in [-0.2, 0) is 0 Å². The van der Waals surface area contributed by atoms with E-state index in [0.29, 0.717) is 0 Å². The molecule has 0 amide bonds. The third-order valence-electron chi connectivity index (χ3n) is 3.45. The number of nitrogens with zero attached hydrogens (tertiary/aromatic N) is 2. The van der Waals surface area contributed by atoms with Crippen LogP contribution in [0.15, 0.2) is 70.6 Å². The number of nitrogens with one attached hydrogen (secondary N) is 1. The number of anilines is 2. The fourth-order valence-corrected chi connectivity index (χ4v) is 3.69. The Labute approximate surface area is 146 Å². The number of rotatable bonds is 3. The van der Waals surface area contributed by atoms with Crippen molar-refractivity contribution in [1.29, 1.82) is 0 Å². The number of para-hydroxylation sites is 1. The highest BCUT2D eigenvalue weighted by Gasteiger charge is 2.06. The largest absolute Gasteiger partial charge is 0.356 e. The van der Waals surface area contributed by atoms with E-state index in [9.17, 15) is 0 Å². The molecule has 0 radical (unpaired) electrons. The van der Waals surface area contributed by atoms with Gasteiger partial charge in [-0.3, -0.25) is 0 Å². The minimum Gasteiger partial charge on any atom is -0.356 e. The van der Waals surface area contributed by atoms with E-state index in [1.165, 1.54) is 0 Å². The van der Waals surface area contributed by atoms with Crippen molar-refractivity contribution in [3.05, 3.63) is 70.6 Å². The number of fused-ring (bicyclic) bond motifs is 1. The van der Waals surface area contributed by atoms with E-state index in [-0.39, 0.29) is 0 Å². The maximum Gasteiger partial charge on any atom is 0.142 e. The zero-order valence-electron chi connectivity index (χ0n) is 12.0. The molecule has 0 unspecified atom stereocenters. The van der Waals surface area contributed by atoms with Crippen LogP contribution >= 0.6 is 27.3 Å². The minimum atomic E-state index is 0.883. The lowest BCUT2D eigenvalue weighted by molar-refractivity contribution is 1.31. The molecule has 0 aliphatic rings. The van der Waals surface area contributed by atoms with Crippen molar-refractivity contribution in [2.24, 2.45) is 0 Å². The third-order valence-corrected chi connectivity index (χ3v) is 4.99. The van der Waals surface area contributed by atoms with Gasteiger partial charge >= 0.3 is 0 Å². The van der Waals surface area contributed by atoms with Crippen molar-refractivity contribution in [3.63, 3.8) is 0 Å². The Morgan fingerprint density at radius 1 is 0.913 bits per heavy atom. The summed E-state index contributed by atoms with van der Waals surface area (Å²) in [4.78, 5) is 10.1. The Hall–Kier alpha value is -2.24. The normalized spacial score (nSPS) is 10.8. The molecular weight excluding hydrogens is 370 g/mol. The summed E-state index contributed by atoms with van der Waals surface area (Å²) < 4.78 is 1.05. The zero-order valence-corrected chi connectivity index (χ0v) is 14.4. The SMILES string of the molecule is Brc1cc2nc(-c3ccc(Nc4ccccc4)cc3)cnc2s1. The van der Waals surface area contributed by atoms with Gasteiger partial charge in [-0.2, -0.15) is 0 Å². The second-order valence-electron chi connectivity index (χ2n) is 5.06. The van der Waals surface area contributed by atoms with Crippen LogP contribution in [0.3, 0.4) is 0 Å². The average Bonchev–Trinajstić information content (AvgIpc) is 2.95. The van der Waals surface area contributed by atoms with Crippen LogP contribution in [0.1, 0.15) is 0 Å². The summed E-state index contributed by atoms with van der Waals surface area (Å²) in [6, 6.07) is 20.3. The van der Waals surface area contributed by atoms with Gasteiger partial charge in [0, 0.05) is 16.9 Å². The number of benzene rings is 2. The van der Waals surface area contributed by atoms with Gasteiger partial charge in [-0.25, -0.2) is 9.97 Å². The molecule has 112 valence electrons. The molecular formula is C18H12BrN3S. The van der Waals surface area contributed by atoms with Crippen LogP contribution < -0.4 is 5.32 Å². The first-order chi connectivity index (χ1) is 11.3. The molecule has 0 atom stereocenters. The second kappa shape index (κ2) is 6.10. The van der Waals surface area contributed by atoms with Crippen molar-refractivity contribution in [2.75, 3.05) is 5.32 Å². The molecule has 2 aromatic heterocycles. The molecule has 4 rings (SSSR count). The Morgan fingerprint density at radius 2 is 1.65 bits per heavy atom. The van der Waals surface area contributed by atoms with Gasteiger partial charge in [-0.05, 0) is 46.3 Å². The van der Waals surface area contributed by atoms with E-state index in [1.807, 2.05) is 42.6 Å². The second-order valence-corrected chi connectivity index (χ2v) is 7.47. The van der Waals surface area contributed by atoms with Crippen LogP contribution in [0.2, 0.25) is 0 Å². The minimum absolute atomic E-state index is 0.883. The quantitative estimate of drug-likeness (QED) is 0.482. The number of halogens is 1. The van der Waals surface area contributed by atoms with E-state index in [0.717, 1.165) is 36.8 Å². The Kier molecular flexibility index (Phi) is 3.81. The van der Waals surface area contributed by atoms with Crippen LogP contribution in [0, 0.1) is 0 Å². The number of thiophene rings is 1. The van der Waals surface area contributed by atoms with Crippen molar-refractivity contribution in [1.82, 2.24) is 9.97 Å². The number of aromatic nitrogens is 2. The van der Waals surface area contributed by atoms with Crippen LogP contribution in [0.25, 0.3) is 21.6 Å². The predicted molar refractivity (Wildman–Crippen MR) is 100 cm³/mol. The molecule has 0 aliphatic heterocycles. The first-order valence-electron chi connectivity index (χ1n) is 7.12.